The normalized spacial score (nSPS) is 13.6. The SMILES string of the molecule is CC/C=C/C/C=C/C/C=C/C/C=C/CCCCCCCCC(=O)OCC(COCCC(C(=O)O)[N+](C)(C)C)OC(=O)CCCCCC/C=C/CCCC. The molecule has 0 aliphatic heterocycles. The van der Waals surface area contributed by atoms with Gasteiger partial charge in [0.05, 0.1) is 34.4 Å². The van der Waals surface area contributed by atoms with Crippen LogP contribution in [-0.4, -0.2) is 80.6 Å². The Labute approximate surface area is 324 Å². The van der Waals surface area contributed by atoms with Gasteiger partial charge in [-0.2, -0.15) is 0 Å². The molecule has 0 saturated carbocycles. The number of carbonyl (C=O) groups excluding carboxylic acids is 2. The van der Waals surface area contributed by atoms with Crippen molar-refractivity contribution in [3.05, 3.63) is 60.8 Å². The second kappa shape index (κ2) is 36.0. The fourth-order valence-electron chi connectivity index (χ4n) is 5.65. The number of ether oxygens (including phenoxy) is 3. The summed E-state index contributed by atoms with van der Waals surface area (Å²) in [6.07, 6.45) is 42.6. The van der Waals surface area contributed by atoms with E-state index in [1.54, 1.807) is 0 Å². The Hall–Kier alpha value is -2.97. The van der Waals surface area contributed by atoms with Crippen molar-refractivity contribution in [3.63, 3.8) is 0 Å². The molecule has 8 heteroatoms. The van der Waals surface area contributed by atoms with Crippen LogP contribution in [0.2, 0.25) is 0 Å². The maximum absolute atomic E-state index is 12.6. The summed E-state index contributed by atoms with van der Waals surface area (Å²) in [7, 11) is 5.50. The van der Waals surface area contributed by atoms with E-state index in [1.807, 2.05) is 21.1 Å². The average Bonchev–Trinajstić information content (AvgIpc) is 3.11. The van der Waals surface area contributed by atoms with Crippen LogP contribution in [0.1, 0.15) is 155 Å². The first kappa shape index (κ1) is 50.0. The number of hydrogen-bond acceptors (Lipinski definition) is 6. The average molecular weight is 745 g/mol. The maximum atomic E-state index is 12.6. The largest absolute Gasteiger partial charge is 0.477 e. The fraction of sp³-hybridized carbons (Fsp3) is 0.711. The number of hydrogen-bond donors (Lipinski definition) is 1. The van der Waals surface area contributed by atoms with Gasteiger partial charge in [0.1, 0.15) is 6.61 Å². The molecule has 0 spiro atoms. The van der Waals surface area contributed by atoms with Crippen LogP contribution in [-0.2, 0) is 28.6 Å². The van der Waals surface area contributed by atoms with E-state index in [1.165, 1.54) is 25.7 Å². The molecule has 2 unspecified atom stereocenters. The van der Waals surface area contributed by atoms with Gasteiger partial charge in [0.25, 0.3) is 0 Å². The van der Waals surface area contributed by atoms with Crippen molar-refractivity contribution >= 4 is 17.9 Å². The highest BCUT2D eigenvalue weighted by Crippen LogP contribution is 2.13. The summed E-state index contributed by atoms with van der Waals surface area (Å²) in [5.41, 5.74) is 0. The lowest BCUT2D eigenvalue weighted by molar-refractivity contribution is -0.887. The van der Waals surface area contributed by atoms with Gasteiger partial charge >= 0.3 is 17.9 Å². The van der Waals surface area contributed by atoms with Gasteiger partial charge in [-0.05, 0) is 70.6 Å². The zero-order chi connectivity index (χ0) is 39.3. The third-order valence-corrected chi connectivity index (χ3v) is 8.90. The molecule has 0 aromatic carbocycles. The molecule has 304 valence electrons. The van der Waals surface area contributed by atoms with E-state index >= 15 is 0 Å². The lowest BCUT2D eigenvalue weighted by Crippen LogP contribution is -2.50. The van der Waals surface area contributed by atoms with Gasteiger partial charge < -0.3 is 23.8 Å². The van der Waals surface area contributed by atoms with Crippen LogP contribution in [0.15, 0.2) is 60.8 Å². The second-order valence-electron chi connectivity index (χ2n) is 14.9. The number of carbonyl (C=O) groups is 3. The Morgan fingerprint density at radius 2 is 1.06 bits per heavy atom. The Kier molecular flexibility index (Phi) is 34.0. The molecule has 0 aromatic rings. The van der Waals surface area contributed by atoms with Crippen LogP contribution in [0.4, 0.5) is 0 Å². The highest BCUT2D eigenvalue weighted by atomic mass is 16.6. The summed E-state index contributed by atoms with van der Waals surface area (Å²) in [6, 6.07) is -0.619. The first-order valence-corrected chi connectivity index (χ1v) is 20.8. The van der Waals surface area contributed by atoms with Crippen molar-refractivity contribution in [2.45, 2.75) is 167 Å². The highest BCUT2D eigenvalue weighted by molar-refractivity contribution is 5.72. The molecule has 0 amide bonds. The van der Waals surface area contributed by atoms with Crippen molar-refractivity contribution in [2.75, 3.05) is 41.0 Å². The van der Waals surface area contributed by atoms with Crippen LogP contribution in [0, 0.1) is 0 Å². The standard InChI is InChI=1S/C45H77NO7/c1-6-8-10-12-14-16-18-19-20-21-22-23-24-25-26-28-29-31-33-35-43(47)52-40-41(39-51-38-37-42(45(49)50)46(3,4)5)53-44(48)36-34-32-30-27-17-15-13-11-9-7-2/h8,10,13-16,19-20,22-23,41-42H,6-7,9,11-12,17-18,21,24-40H2,1-5H3/p+1/b10-8+,15-13+,16-14+,20-19+,23-22+. The number of carboxylic acids is 1. The number of likely N-dealkylation sites (N-methyl/N-ethyl adjacent to an activating group) is 1. The monoisotopic (exact) mass is 745 g/mol. The maximum Gasteiger partial charge on any atom is 0.362 e. The summed E-state index contributed by atoms with van der Waals surface area (Å²) in [5.74, 6) is -1.51. The van der Waals surface area contributed by atoms with Crippen molar-refractivity contribution in [2.24, 2.45) is 0 Å². The van der Waals surface area contributed by atoms with Crippen LogP contribution in [0.5, 0.6) is 0 Å². The predicted octanol–water partition coefficient (Wildman–Crippen LogP) is 11.0. The Bertz CT molecular complexity index is 1050. The molecule has 53 heavy (non-hydrogen) atoms. The summed E-state index contributed by atoms with van der Waals surface area (Å²) in [6.45, 7) is 4.53. The second-order valence-corrected chi connectivity index (χ2v) is 14.9. The number of rotatable bonds is 36. The number of esters is 2. The molecule has 0 aliphatic rings. The Morgan fingerprint density at radius 1 is 0.585 bits per heavy atom. The lowest BCUT2D eigenvalue weighted by atomic mass is 10.1. The summed E-state index contributed by atoms with van der Waals surface area (Å²) >= 11 is 0. The molecule has 0 aliphatic carbocycles. The van der Waals surface area contributed by atoms with E-state index in [2.05, 4.69) is 74.6 Å². The quantitative estimate of drug-likeness (QED) is 0.0295. The van der Waals surface area contributed by atoms with Crippen LogP contribution >= 0.6 is 0 Å². The van der Waals surface area contributed by atoms with Crippen LogP contribution in [0.25, 0.3) is 0 Å². The van der Waals surface area contributed by atoms with E-state index in [0.717, 1.165) is 96.3 Å². The van der Waals surface area contributed by atoms with E-state index in [0.29, 0.717) is 19.3 Å². The van der Waals surface area contributed by atoms with Crippen molar-refractivity contribution in [1.82, 2.24) is 0 Å². The van der Waals surface area contributed by atoms with Crippen molar-refractivity contribution in [3.8, 4) is 0 Å². The molecule has 0 bridgehead atoms. The summed E-state index contributed by atoms with van der Waals surface area (Å²) in [5, 5.41) is 9.59. The molecule has 0 radical (unpaired) electrons. The molecule has 0 heterocycles. The zero-order valence-electron chi connectivity index (χ0n) is 34.4. The summed E-state index contributed by atoms with van der Waals surface area (Å²) in [4.78, 5) is 36.8. The molecule has 2 atom stereocenters. The minimum absolute atomic E-state index is 0.0494. The number of nitrogens with zero attached hydrogens (tertiary/aromatic N) is 1. The van der Waals surface area contributed by atoms with Crippen LogP contribution < -0.4 is 0 Å². The van der Waals surface area contributed by atoms with Gasteiger partial charge in [0, 0.05) is 19.3 Å². The van der Waals surface area contributed by atoms with E-state index in [4.69, 9.17) is 14.2 Å². The zero-order valence-corrected chi connectivity index (χ0v) is 34.4. The number of aliphatic carboxylic acids is 1. The van der Waals surface area contributed by atoms with Gasteiger partial charge in [-0.1, -0.05) is 126 Å². The lowest BCUT2D eigenvalue weighted by Gasteiger charge is -2.31. The van der Waals surface area contributed by atoms with E-state index in [9.17, 15) is 19.5 Å². The number of quaternary nitrogens is 1. The van der Waals surface area contributed by atoms with Crippen molar-refractivity contribution in [1.29, 1.82) is 0 Å². The van der Waals surface area contributed by atoms with Crippen molar-refractivity contribution < 1.29 is 38.2 Å². The minimum atomic E-state index is -0.882. The molecular formula is C45H78NO7+. The fourth-order valence-corrected chi connectivity index (χ4v) is 5.65. The molecular weight excluding hydrogens is 666 g/mol. The highest BCUT2D eigenvalue weighted by Gasteiger charge is 2.31. The molecule has 1 N–H and O–H groups in total. The van der Waals surface area contributed by atoms with E-state index in [-0.39, 0.29) is 36.2 Å². The Morgan fingerprint density at radius 3 is 1.58 bits per heavy atom. The first-order chi connectivity index (χ1) is 25.6. The van der Waals surface area contributed by atoms with Gasteiger partial charge in [0.2, 0.25) is 0 Å². The minimum Gasteiger partial charge on any atom is -0.477 e. The molecule has 0 fully saturated rings. The molecule has 0 saturated heterocycles. The number of unbranched alkanes of at least 4 members (excludes halogenated alkanes) is 12. The number of carboxylic acid groups (broad SMARTS) is 1. The van der Waals surface area contributed by atoms with Crippen LogP contribution in [0.3, 0.4) is 0 Å². The summed E-state index contributed by atoms with van der Waals surface area (Å²) < 4.78 is 17.2. The van der Waals surface area contributed by atoms with Gasteiger partial charge in [-0.3, -0.25) is 9.59 Å². The first-order valence-electron chi connectivity index (χ1n) is 20.8. The number of allylic oxidation sites excluding steroid dienone is 10. The molecule has 8 nitrogen and oxygen atoms in total. The molecule has 0 rings (SSSR count). The van der Waals surface area contributed by atoms with Gasteiger partial charge in [0.15, 0.2) is 12.1 Å². The third-order valence-electron chi connectivity index (χ3n) is 8.90. The third kappa shape index (κ3) is 34.5. The van der Waals surface area contributed by atoms with Gasteiger partial charge in [-0.15, -0.1) is 0 Å². The van der Waals surface area contributed by atoms with Gasteiger partial charge in [-0.25, -0.2) is 4.79 Å². The smallest absolute Gasteiger partial charge is 0.362 e. The predicted molar refractivity (Wildman–Crippen MR) is 220 cm³/mol. The van der Waals surface area contributed by atoms with E-state index < -0.39 is 18.1 Å². The molecule has 0 aromatic heterocycles. The Balaban J connectivity index is 4.35. The topological polar surface area (TPSA) is 99.1 Å².